The highest BCUT2D eigenvalue weighted by molar-refractivity contribution is 5.67. The highest BCUT2D eigenvalue weighted by Gasteiger charge is 2.11. The number of ether oxygens (including phenoxy) is 1. The van der Waals surface area contributed by atoms with Crippen molar-refractivity contribution in [3.63, 3.8) is 0 Å². The molecule has 0 aromatic heterocycles. The van der Waals surface area contributed by atoms with Crippen LogP contribution in [0.15, 0.2) is 36.5 Å². The minimum Gasteiger partial charge on any atom is -0.481 e. The molecule has 0 amide bonds. The predicted octanol–water partition coefficient (Wildman–Crippen LogP) is 4.65. The molecule has 1 aliphatic heterocycles. The van der Waals surface area contributed by atoms with Crippen LogP contribution in [0.5, 0.6) is 0 Å². The van der Waals surface area contributed by atoms with E-state index in [4.69, 9.17) is 9.84 Å². The van der Waals surface area contributed by atoms with Crippen LogP contribution in [0.3, 0.4) is 0 Å². The first kappa shape index (κ1) is 17.7. The summed E-state index contributed by atoms with van der Waals surface area (Å²) in [4.78, 5) is 10.8. The molecule has 0 saturated carbocycles. The van der Waals surface area contributed by atoms with E-state index in [-0.39, 0.29) is 12.5 Å². The fraction of sp³-hybridized carbons (Fsp3) is 0.611. The molecule has 0 bridgehead atoms. The highest BCUT2D eigenvalue weighted by Crippen LogP contribution is 2.10. The molecule has 0 aliphatic carbocycles. The maximum Gasteiger partial charge on any atom is 0.305 e. The monoisotopic (exact) mass is 292 g/mol. The van der Waals surface area contributed by atoms with E-state index >= 15 is 0 Å². The molecule has 3 heteroatoms. The summed E-state index contributed by atoms with van der Waals surface area (Å²) in [5.41, 5.74) is 0. The van der Waals surface area contributed by atoms with Gasteiger partial charge >= 0.3 is 5.97 Å². The average molecular weight is 292 g/mol. The van der Waals surface area contributed by atoms with Crippen molar-refractivity contribution >= 4 is 5.97 Å². The van der Waals surface area contributed by atoms with Gasteiger partial charge in [-0.2, -0.15) is 0 Å². The summed E-state index contributed by atoms with van der Waals surface area (Å²) < 4.78 is 5.71. The van der Waals surface area contributed by atoms with Crippen molar-refractivity contribution in [2.75, 3.05) is 6.61 Å². The van der Waals surface area contributed by atoms with Gasteiger partial charge in [-0.05, 0) is 38.5 Å². The number of allylic oxidation sites excluding steroid dienone is 5. The molecule has 0 spiro atoms. The Hall–Kier alpha value is -1.35. The van der Waals surface area contributed by atoms with Gasteiger partial charge < -0.3 is 9.84 Å². The van der Waals surface area contributed by atoms with Crippen molar-refractivity contribution in [2.24, 2.45) is 0 Å². The fourth-order valence-electron chi connectivity index (χ4n) is 2.28. The van der Waals surface area contributed by atoms with E-state index in [0.717, 1.165) is 32.1 Å². The van der Waals surface area contributed by atoms with Gasteiger partial charge in [-0.15, -0.1) is 0 Å². The summed E-state index contributed by atoms with van der Waals surface area (Å²) in [6.45, 7) is 0.668. The van der Waals surface area contributed by atoms with E-state index < -0.39 is 5.97 Å². The molecule has 1 atom stereocenters. The molecule has 118 valence electrons. The van der Waals surface area contributed by atoms with Crippen LogP contribution in [0.4, 0.5) is 0 Å². The van der Waals surface area contributed by atoms with E-state index in [0.29, 0.717) is 13.0 Å². The number of hydrogen-bond acceptors (Lipinski definition) is 2. The second kappa shape index (κ2) is 12.4. The average Bonchev–Trinajstić information content (AvgIpc) is 2.45. The molecular weight excluding hydrogens is 264 g/mol. The number of carbonyl (C=O) groups is 1. The van der Waals surface area contributed by atoms with E-state index in [9.17, 15) is 4.79 Å². The summed E-state index contributed by atoms with van der Waals surface area (Å²) in [5.74, 6) is -0.787. The highest BCUT2D eigenvalue weighted by atomic mass is 16.5. The van der Waals surface area contributed by atoms with Crippen molar-refractivity contribution in [1.29, 1.82) is 0 Å². The second-order valence-corrected chi connectivity index (χ2v) is 5.41. The van der Waals surface area contributed by atoms with Crippen molar-refractivity contribution < 1.29 is 14.6 Å². The van der Waals surface area contributed by atoms with Crippen molar-refractivity contribution in [3.8, 4) is 0 Å². The van der Waals surface area contributed by atoms with Gasteiger partial charge in [0.1, 0.15) is 0 Å². The zero-order valence-corrected chi connectivity index (χ0v) is 12.9. The standard InChI is InChI=1S/C18H28O3/c19-18(20)16-17-14-12-10-8-6-4-2-1-3-5-7-9-11-13-15-21-17/h1,3-4,6,10,12,17H,2,5,7-9,11,13-16H2,(H,19,20). The van der Waals surface area contributed by atoms with Gasteiger partial charge in [0.25, 0.3) is 0 Å². The third-order valence-electron chi connectivity index (χ3n) is 3.46. The van der Waals surface area contributed by atoms with Gasteiger partial charge in [0.15, 0.2) is 0 Å². The van der Waals surface area contributed by atoms with E-state index in [1.165, 1.54) is 12.8 Å². The number of hydrogen-bond donors (Lipinski definition) is 1. The third-order valence-corrected chi connectivity index (χ3v) is 3.46. The molecule has 3 nitrogen and oxygen atoms in total. The molecule has 1 unspecified atom stereocenters. The maximum atomic E-state index is 10.8. The molecule has 1 heterocycles. The number of carboxylic acid groups (broad SMARTS) is 1. The van der Waals surface area contributed by atoms with Gasteiger partial charge in [0.05, 0.1) is 12.5 Å². The van der Waals surface area contributed by atoms with Crippen LogP contribution < -0.4 is 0 Å². The Morgan fingerprint density at radius 2 is 1.62 bits per heavy atom. The van der Waals surface area contributed by atoms with Gasteiger partial charge in [0, 0.05) is 6.61 Å². The van der Waals surface area contributed by atoms with E-state index in [2.05, 4.69) is 30.4 Å². The Morgan fingerprint density at radius 1 is 0.952 bits per heavy atom. The lowest BCUT2D eigenvalue weighted by molar-refractivity contribution is -0.140. The van der Waals surface area contributed by atoms with Crippen LogP contribution >= 0.6 is 0 Å². The number of rotatable bonds is 2. The minimum absolute atomic E-state index is 0.0874. The van der Waals surface area contributed by atoms with Gasteiger partial charge in [-0.3, -0.25) is 4.79 Å². The summed E-state index contributed by atoms with van der Waals surface area (Å²) in [6, 6.07) is 0. The van der Waals surface area contributed by atoms with Crippen LogP contribution in [0, 0.1) is 0 Å². The largest absolute Gasteiger partial charge is 0.481 e. The Balaban J connectivity index is 2.44. The number of carboxylic acids is 1. The summed E-state index contributed by atoms with van der Waals surface area (Å²) in [5, 5.41) is 8.91. The van der Waals surface area contributed by atoms with Crippen LogP contribution in [0.25, 0.3) is 0 Å². The molecule has 21 heavy (non-hydrogen) atoms. The van der Waals surface area contributed by atoms with E-state index in [1.807, 2.05) is 6.08 Å². The lowest BCUT2D eigenvalue weighted by Crippen LogP contribution is -2.17. The minimum atomic E-state index is -0.787. The van der Waals surface area contributed by atoms with Crippen molar-refractivity contribution in [1.82, 2.24) is 0 Å². The molecule has 1 rings (SSSR count). The van der Waals surface area contributed by atoms with Crippen molar-refractivity contribution in [3.05, 3.63) is 36.5 Å². The van der Waals surface area contributed by atoms with E-state index in [1.54, 1.807) is 0 Å². The number of aliphatic carboxylic acids is 1. The fourth-order valence-corrected chi connectivity index (χ4v) is 2.28. The van der Waals surface area contributed by atoms with Crippen LogP contribution in [-0.4, -0.2) is 23.8 Å². The molecule has 0 radical (unpaired) electrons. The van der Waals surface area contributed by atoms with Gasteiger partial charge in [-0.25, -0.2) is 0 Å². The Bertz CT molecular complexity index is 355. The van der Waals surface area contributed by atoms with Gasteiger partial charge in [0.2, 0.25) is 0 Å². The lowest BCUT2D eigenvalue weighted by Gasteiger charge is -2.14. The van der Waals surface area contributed by atoms with Crippen LogP contribution in [0.1, 0.15) is 57.8 Å². The molecular formula is C18H28O3. The SMILES string of the molecule is O=C(O)CC1CC=CCC=CCC=CCCCCCCO1. The van der Waals surface area contributed by atoms with Gasteiger partial charge in [-0.1, -0.05) is 49.3 Å². The molecule has 0 saturated heterocycles. The first-order chi connectivity index (χ1) is 10.3. The molecule has 1 N–H and O–H groups in total. The smallest absolute Gasteiger partial charge is 0.305 e. The topological polar surface area (TPSA) is 46.5 Å². The molecule has 0 fully saturated rings. The summed E-state index contributed by atoms with van der Waals surface area (Å²) >= 11 is 0. The maximum absolute atomic E-state index is 10.8. The Labute approximate surface area is 128 Å². The normalized spacial score (nSPS) is 22.8. The zero-order valence-electron chi connectivity index (χ0n) is 12.9. The predicted molar refractivity (Wildman–Crippen MR) is 86.3 cm³/mol. The molecule has 0 aromatic carbocycles. The summed E-state index contributed by atoms with van der Waals surface area (Å²) in [7, 11) is 0. The Kier molecular flexibility index (Phi) is 10.4. The quantitative estimate of drug-likeness (QED) is 0.754. The van der Waals surface area contributed by atoms with Crippen molar-refractivity contribution in [2.45, 2.75) is 63.9 Å². The molecule has 1 aliphatic rings. The Morgan fingerprint density at radius 3 is 2.38 bits per heavy atom. The first-order valence-electron chi connectivity index (χ1n) is 8.07. The van der Waals surface area contributed by atoms with Crippen LogP contribution in [-0.2, 0) is 9.53 Å². The first-order valence-corrected chi connectivity index (χ1v) is 8.07. The zero-order chi connectivity index (χ0) is 15.2. The lowest BCUT2D eigenvalue weighted by atomic mass is 10.1. The third kappa shape index (κ3) is 11.0. The second-order valence-electron chi connectivity index (χ2n) is 5.41. The molecule has 0 aromatic rings. The van der Waals surface area contributed by atoms with Crippen LogP contribution in [0.2, 0.25) is 0 Å². The summed E-state index contributed by atoms with van der Waals surface area (Å²) in [6.07, 6.45) is 21.1.